The molecule has 0 aliphatic heterocycles. The number of pyridine rings is 1. The maximum Gasteiger partial charge on any atom is 0.394 e. The maximum atomic E-state index is 13.6. The summed E-state index contributed by atoms with van der Waals surface area (Å²) in [6.07, 6.45) is 2.49. The van der Waals surface area contributed by atoms with Gasteiger partial charge in [-0.2, -0.15) is 13.2 Å². The van der Waals surface area contributed by atoms with Gasteiger partial charge < -0.3 is 5.11 Å². The van der Waals surface area contributed by atoms with Gasteiger partial charge in [0.05, 0.1) is 11.2 Å². The molecule has 0 unspecified atom stereocenters. The van der Waals surface area contributed by atoms with Gasteiger partial charge in [-0.15, -0.1) is 51.8 Å². The van der Waals surface area contributed by atoms with Gasteiger partial charge in [-0.25, -0.2) is 0 Å². The fraction of sp³-hybridized carbons (Fsp3) is 0.478. The molecule has 0 saturated heterocycles. The fourth-order valence-corrected chi connectivity index (χ4v) is 9.70. The average Bonchev–Trinajstić information content (AvgIpc) is 3.72. The molecule has 2 aromatic carbocycles. The fourth-order valence-electron chi connectivity index (χ4n) is 6.88. The topological polar surface area (TPSA) is 50.2 Å². The van der Waals surface area contributed by atoms with Crippen LogP contribution < -0.4 is 0 Å². The first-order valence-corrected chi connectivity index (χ1v) is 20.9. The van der Waals surface area contributed by atoms with Gasteiger partial charge in [0.2, 0.25) is 0 Å². The van der Waals surface area contributed by atoms with Crippen LogP contribution in [0.4, 0.5) is 13.2 Å². The van der Waals surface area contributed by atoms with Gasteiger partial charge in [0.25, 0.3) is 0 Å². The molecule has 0 bridgehead atoms. The number of aliphatic hydroxyl groups is 1. The number of fused-ring (bicyclic) bond motifs is 2. The van der Waals surface area contributed by atoms with Crippen LogP contribution in [0.3, 0.4) is 0 Å². The van der Waals surface area contributed by atoms with Crippen LogP contribution in [-0.2, 0) is 36.7 Å². The van der Waals surface area contributed by atoms with Crippen LogP contribution in [0.5, 0.6) is 0 Å². The van der Waals surface area contributed by atoms with E-state index in [2.05, 4.69) is 71.0 Å². The smallest absolute Gasteiger partial charge is 0.394 e. The van der Waals surface area contributed by atoms with E-state index >= 15 is 0 Å². The predicted octanol–water partition coefficient (Wildman–Crippen LogP) is 15.1. The van der Waals surface area contributed by atoms with Crippen LogP contribution in [0.15, 0.2) is 66.6 Å². The summed E-state index contributed by atoms with van der Waals surface area (Å²) in [5.41, 5.74) is 2.51. The number of carbonyl (C=O) groups is 1. The van der Waals surface area contributed by atoms with Crippen molar-refractivity contribution < 1.29 is 43.2 Å². The number of rotatable bonds is 12. The number of hydrogen-bond acceptors (Lipinski definition) is 5. The molecule has 0 spiro atoms. The second-order valence-electron chi connectivity index (χ2n) is 16.3. The third-order valence-electron chi connectivity index (χ3n) is 10.4. The molecular weight excluding hydrogens is 912 g/mol. The van der Waals surface area contributed by atoms with Gasteiger partial charge in [-0.3, -0.25) is 9.78 Å². The van der Waals surface area contributed by atoms with Crippen molar-refractivity contribution in [3.05, 3.63) is 88.6 Å². The predicted molar refractivity (Wildman–Crippen MR) is 225 cm³/mol. The van der Waals surface area contributed by atoms with Crippen LogP contribution in [0.25, 0.3) is 41.9 Å². The largest absolute Gasteiger partial charge is 0.512 e. The Hall–Kier alpha value is -2.84. The molecular formula is C46H57F3IrNO2S2-. The van der Waals surface area contributed by atoms with Crippen LogP contribution in [-0.4, -0.2) is 22.1 Å². The Morgan fingerprint density at radius 3 is 2.05 bits per heavy atom. The van der Waals surface area contributed by atoms with Crippen LogP contribution in [0.2, 0.25) is 0 Å². The summed E-state index contributed by atoms with van der Waals surface area (Å²) in [5.74, 6) is 0.790. The Morgan fingerprint density at radius 1 is 0.873 bits per heavy atom. The first-order chi connectivity index (χ1) is 25.3. The Balaban J connectivity index is 0.000000433. The molecule has 3 nitrogen and oxygen atoms in total. The van der Waals surface area contributed by atoms with E-state index in [1.807, 2.05) is 52.1 Å². The van der Waals surface area contributed by atoms with Gasteiger partial charge in [-0.1, -0.05) is 105 Å². The number of thiophene rings is 2. The van der Waals surface area contributed by atoms with E-state index in [1.165, 1.54) is 47.8 Å². The third kappa shape index (κ3) is 10.8. The van der Waals surface area contributed by atoms with E-state index in [4.69, 9.17) is 4.98 Å². The second kappa shape index (κ2) is 19.1. The number of allylic oxidation sites excluding steroid dienone is 2. The minimum absolute atomic E-state index is 0. The third-order valence-corrected chi connectivity index (χ3v) is 12.9. The van der Waals surface area contributed by atoms with Crippen molar-refractivity contribution in [3.63, 3.8) is 0 Å². The first kappa shape index (κ1) is 46.5. The van der Waals surface area contributed by atoms with E-state index in [1.54, 1.807) is 11.3 Å². The van der Waals surface area contributed by atoms with E-state index in [9.17, 15) is 23.1 Å². The summed E-state index contributed by atoms with van der Waals surface area (Å²) in [6, 6.07) is 20.1. The van der Waals surface area contributed by atoms with Gasteiger partial charge >= 0.3 is 6.18 Å². The van der Waals surface area contributed by atoms with Gasteiger partial charge in [0.15, 0.2) is 5.78 Å². The van der Waals surface area contributed by atoms with Crippen molar-refractivity contribution >= 4 is 49.3 Å². The summed E-state index contributed by atoms with van der Waals surface area (Å²) in [6.45, 7) is 21.6. The quantitative estimate of drug-likeness (QED) is 0.0770. The number of hydrogen-bond donors (Lipinski definition) is 1. The summed E-state index contributed by atoms with van der Waals surface area (Å²) in [7, 11) is 0. The monoisotopic (exact) mass is 969 g/mol. The molecule has 301 valence electrons. The van der Waals surface area contributed by atoms with Gasteiger partial charge in [0, 0.05) is 69.2 Å². The van der Waals surface area contributed by atoms with Crippen molar-refractivity contribution in [3.8, 4) is 21.0 Å². The van der Waals surface area contributed by atoms with Crippen LogP contribution in [0, 0.1) is 23.3 Å². The van der Waals surface area contributed by atoms with E-state index in [-0.39, 0.29) is 61.2 Å². The van der Waals surface area contributed by atoms with Crippen LogP contribution >= 0.6 is 22.7 Å². The molecule has 5 rings (SSSR count). The molecule has 0 atom stereocenters. The zero-order valence-corrected chi connectivity index (χ0v) is 38.2. The number of alkyl halides is 3. The summed E-state index contributed by atoms with van der Waals surface area (Å²) < 4.78 is 41.8. The molecule has 1 N–H and O–H groups in total. The Kier molecular flexibility index (Phi) is 16.1. The zero-order chi connectivity index (χ0) is 40.2. The molecule has 0 aliphatic carbocycles. The summed E-state index contributed by atoms with van der Waals surface area (Å²) >= 11 is 3.16. The Labute approximate surface area is 348 Å². The van der Waals surface area contributed by atoms with Crippen LogP contribution in [0.1, 0.15) is 124 Å². The van der Waals surface area contributed by atoms with Gasteiger partial charge in [-0.05, 0) is 72.6 Å². The van der Waals surface area contributed by atoms with E-state index < -0.39 is 11.6 Å². The number of aromatic nitrogens is 1. The number of benzene rings is 2. The number of aliphatic hydroxyl groups excluding tert-OH is 1. The number of halogens is 3. The van der Waals surface area contributed by atoms with Crippen molar-refractivity contribution in [1.29, 1.82) is 0 Å². The molecule has 0 fully saturated rings. The minimum atomic E-state index is -4.25. The molecule has 1 radical (unpaired) electrons. The summed E-state index contributed by atoms with van der Waals surface area (Å²) in [4.78, 5) is 19.4. The van der Waals surface area contributed by atoms with E-state index in [0.717, 1.165) is 67.0 Å². The second-order valence-corrected chi connectivity index (χ2v) is 18.4. The number of nitrogens with zero attached hydrogens (tertiary/aromatic N) is 1. The van der Waals surface area contributed by atoms with Gasteiger partial charge in [0.1, 0.15) is 0 Å². The number of ketones is 1. The molecule has 0 amide bonds. The maximum absolute atomic E-state index is 13.6. The Bertz CT molecular complexity index is 2080. The molecule has 9 heteroatoms. The molecule has 55 heavy (non-hydrogen) atoms. The standard InChI is InChI=1S/C33H33F3NS2.C13H24O2.Ir/c1-19(2)27-24-14-15-37-28(21-16-20-10-8-9-11-23(20)25(17-21)31(3,4)5)29(24)39-30(27)26-13-12-22(38-26)18-32(6,7)33(34,35)36;1-5-10(6-2)12(14)9-13(15)11(7-3)8-4;/h8-15,17,19H,18H2,1-7H3;9-11,14H,5-8H2,1-4H3;/q-1;;/b;12-9-;. The first-order valence-electron chi connectivity index (χ1n) is 19.2. The minimum Gasteiger partial charge on any atom is -0.512 e. The summed E-state index contributed by atoms with van der Waals surface area (Å²) in [5, 5.41) is 13.2. The van der Waals surface area contributed by atoms with Crippen molar-refractivity contribution in [1.82, 2.24) is 4.98 Å². The van der Waals surface area contributed by atoms with Crippen molar-refractivity contribution in [2.75, 3.05) is 0 Å². The van der Waals surface area contributed by atoms with Crippen molar-refractivity contribution in [2.24, 2.45) is 17.3 Å². The zero-order valence-electron chi connectivity index (χ0n) is 34.1. The molecule has 0 aliphatic rings. The molecule has 3 heterocycles. The molecule has 3 aromatic heterocycles. The SMILES string of the molecule is CC(C)c1c(-c2ccc(CC(C)(C)C(F)(F)F)s2)sc2c(-c3[c-]c4ccccc4c(C(C)(C)C)c3)nccc12.CCC(CC)C(=O)/C=C(\O)C(CC)CC.[Ir]. The molecule has 0 saturated carbocycles. The normalized spacial score (nSPS) is 12.8. The van der Waals surface area contributed by atoms with Crippen molar-refractivity contribution in [2.45, 2.75) is 126 Å². The average molecular weight is 969 g/mol. The van der Waals surface area contributed by atoms with E-state index in [0.29, 0.717) is 0 Å². The Morgan fingerprint density at radius 2 is 1.49 bits per heavy atom. The number of carbonyl (C=O) groups excluding carboxylic acids is 1. The molecule has 5 aromatic rings.